The number of carbonyl (C=O) groups is 1. The second kappa shape index (κ2) is 8.52. The highest BCUT2D eigenvalue weighted by atomic mass is 19.4. The first-order valence-electron chi connectivity index (χ1n) is 9.67. The smallest absolute Gasteiger partial charge is 0.336 e. The molecule has 0 atom stereocenters. The van der Waals surface area contributed by atoms with Crippen molar-refractivity contribution < 1.29 is 31.1 Å². The molecule has 170 valence electrons. The number of hydrogen-bond acceptors (Lipinski definition) is 3. The standard InChI is InChI=1S/C20H22F6N4O/c1-13-9-14(2)30(27-13)8-5-28-3-6-29(7-4-28)18(31)15-10-16(19(21,22)23)12-17(11-15)20(24,25)26/h9-12H,3-8H2,1-2H3. The summed E-state index contributed by atoms with van der Waals surface area (Å²) in [4.78, 5) is 16.0. The minimum Gasteiger partial charge on any atom is -0.336 e. The van der Waals surface area contributed by atoms with Gasteiger partial charge in [0.25, 0.3) is 5.91 Å². The molecule has 31 heavy (non-hydrogen) atoms. The predicted octanol–water partition coefficient (Wildman–Crippen LogP) is 4.00. The molecule has 0 bridgehead atoms. The van der Waals surface area contributed by atoms with E-state index in [1.54, 1.807) is 0 Å². The van der Waals surface area contributed by atoms with E-state index >= 15 is 0 Å². The van der Waals surface area contributed by atoms with Gasteiger partial charge in [0.15, 0.2) is 0 Å². The van der Waals surface area contributed by atoms with Crippen molar-refractivity contribution in [2.24, 2.45) is 0 Å². The van der Waals surface area contributed by atoms with E-state index < -0.39 is 35.0 Å². The predicted molar refractivity (Wildman–Crippen MR) is 100 cm³/mol. The van der Waals surface area contributed by atoms with Gasteiger partial charge in [0, 0.05) is 44.0 Å². The van der Waals surface area contributed by atoms with Crippen LogP contribution in [0.2, 0.25) is 0 Å². The molecule has 0 aliphatic carbocycles. The number of amides is 1. The molecule has 0 unspecified atom stereocenters. The Morgan fingerprint density at radius 2 is 1.42 bits per heavy atom. The minimum absolute atomic E-state index is 0.0215. The molecule has 5 nitrogen and oxygen atoms in total. The van der Waals surface area contributed by atoms with Gasteiger partial charge in [-0.15, -0.1) is 0 Å². The van der Waals surface area contributed by atoms with Crippen molar-refractivity contribution >= 4 is 5.91 Å². The molecule has 1 saturated heterocycles. The number of rotatable bonds is 4. The average Bonchev–Trinajstić information content (AvgIpc) is 3.01. The molecule has 1 aromatic carbocycles. The summed E-state index contributed by atoms with van der Waals surface area (Å²) in [5.74, 6) is -0.838. The molecule has 2 aromatic rings. The molecule has 2 heterocycles. The Hall–Kier alpha value is -2.56. The van der Waals surface area contributed by atoms with Crippen molar-refractivity contribution in [2.45, 2.75) is 32.7 Å². The maximum absolute atomic E-state index is 13.0. The average molecular weight is 448 g/mol. The first-order chi connectivity index (χ1) is 14.3. The maximum atomic E-state index is 13.0. The lowest BCUT2D eigenvalue weighted by molar-refractivity contribution is -0.143. The van der Waals surface area contributed by atoms with E-state index in [1.807, 2.05) is 24.6 Å². The molecule has 0 N–H and O–H groups in total. The SMILES string of the molecule is Cc1cc(C)n(CCN2CCN(C(=O)c3cc(C(F)(F)F)cc(C(F)(F)F)c3)CC2)n1. The molecule has 0 saturated carbocycles. The molecular formula is C20H22F6N4O. The van der Waals surface area contributed by atoms with Gasteiger partial charge in [0.05, 0.1) is 23.4 Å². The summed E-state index contributed by atoms with van der Waals surface area (Å²) < 4.78 is 80.1. The van der Waals surface area contributed by atoms with E-state index in [0.717, 1.165) is 11.4 Å². The number of alkyl halides is 6. The fourth-order valence-electron chi connectivity index (χ4n) is 3.57. The Balaban J connectivity index is 1.67. The number of carbonyl (C=O) groups excluding carboxylic acids is 1. The topological polar surface area (TPSA) is 41.4 Å². The number of hydrogen-bond donors (Lipinski definition) is 0. The van der Waals surface area contributed by atoms with E-state index in [-0.39, 0.29) is 19.2 Å². The Bertz CT molecular complexity index is 910. The minimum atomic E-state index is -4.99. The van der Waals surface area contributed by atoms with Crippen molar-refractivity contribution in [3.05, 3.63) is 52.3 Å². The third-order valence-electron chi connectivity index (χ3n) is 5.23. The highest BCUT2D eigenvalue weighted by Crippen LogP contribution is 2.36. The van der Waals surface area contributed by atoms with Gasteiger partial charge in [-0.2, -0.15) is 31.4 Å². The summed E-state index contributed by atoms with van der Waals surface area (Å²) in [6.45, 7) is 6.53. The van der Waals surface area contributed by atoms with Gasteiger partial charge < -0.3 is 4.90 Å². The fraction of sp³-hybridized carbons (Fsp3) is 0.500. The Morgan fingerprint density at radius 3 is 1.87 bits per heavy atom. The number of halogens is 6. The van der Waals surface area contributed by atoms with Gasteiger partial charge in [-0.25, -0.2) is 0 Å². The number of benzene rings is 1. The van der Waals surface area contributed by atoms with Crippen LogP contribution in [-0.4, -0.2) is 58.2 Å². The number of aryl methyl sites for hydroxylation is 2. The van der Waals surface area contributed by atoms with Crippen LogP contribution >= 0.6 is 0 Å². The van der Waals surface area contributed by atoms with Crippen molar-refractivity contribution in [1.29, 1.82) is 0 Å². The first-order valence-corrected chi connectivity index (χ1v) is 9.67. The molecule has 0 spiro atoms. The Kier molecular flexibility index (Phi) is 6.35. The molecule has 3 rings (SSSR count). The van der Waals surface area contributed by atoms with Crippen molar-refractivity contribution in [3.63, 3.8) is 0 Å². The fourth-order valence-corrected chi connectivity index (χ4v) is 3.57. The van der Waals surface area contributed by atoms with E-state index in [1.165, 1.54) is 4.90 Å². The second-order valence-corrected chi connectivity index (χ2v) is 7.58. The highest BCUT2D eigenvalue weighted by molar-refractivity contribution is 5.94. The number of nitrogens with zero attached hydrogens (tertiary/aromatic N) is 4. The van der Waals surface area contributed by atoms with Crippen LogP contribution < -0.4 is 0 Å². The maximum Gasteiger partial charge on any atom is 0.416 e. The molecule has 0 radical (unpaired) electrons. The van der Waals surface area contributed by atoms with Gasteiger partial charge >= 0.3 is 12.4 Å². The monoisotopic (exact) mass is 448 g/mol. The zero-order valence-corrected chi connectivity index (χ0v) is 17.0. The van der Waals surface area contributed by atoms with Gasteiger partial charge in [-0.1, -0.05) is 0 Å². The van der Waals surface area contributed by atoms with Crippen LogP contribution in [0.5, 0.6) is 0 Å². The summed E-state index contributed by atoms with van der Waals surface area (Å²) in [6, 6.07) is 2.94. The third kappa shape index (κ3) is 5.57. The van der Waals surface area contributed by atoms with Gasteiger partial charge in [-0.05, 0) is 38.1 Å². The summed E-state index contributed by atoms with van der Waals surface area (Å²) in [5.41, 5.74) is -1.66. The summed E-state index contributed by atoms with van der Waals surface area (Å²) in [7, 11) is 0. The van der Waals surface area contributed by atoms with E-state index in [9.17, 15) is 31.1 Å². The lowest BCUT2D eigenvalue weighted by Gasteiger charge is -2.35. The summed E-state index contributed by atoms with van der Waals surface area (Å²) in [5, 5.41) is 4.38. The van der Waals surface area contributed by atoms with Crippen molar-refractivity contribution in [2.75, 3.05) is 32.7 Å². The van der Waals surface area contributed by atoms with Crippen LogP contribution in [0.1, 0.15) is 32.9 Å². The summed E-state index contributed by atoms with van der Waals surface area (Å²) >= 11 is 0. The first kappa shape index (κ1) is 23.1. The van der Waals surface area contributed by atoms with E-state index in [0.29, 0.717) is 38.3 Å². The van der Waals surface area contributed by atoms with E-state index in [4.69, 9.17) is 0 Å². The van der Waals surface area contributed by atoms with Gasteiger partial charge in [-0.3, -0.25) is 14.4 Å². The van der Waals surface area contributed by atoms with Crippen molar-refractivity contribution in [1.82, 2.24) is 19.6 Å². The van der Waals surface area contributed by atoms with Crippen LogP contribution in [0.3, 0.4) is 0 Å². The van der Waals surface area contributed by atoms with Gasteiger partial charge in [0.1, 0.15) is 0 Å². The summed E-state index contributed by atoms with van der Waals surface area (Å²) in [6.07, 6.45) is -9.98. The van der Waals surface area contributed by atoms with Crippen LogP contribution in [-0.2, 0) is 18.9 Å². The zero-order chi connectivity index (χ0) is 23.0. The van der Waals surface area contributed by atoms with Crippen LogP contribution in [0, 0.1) is 13.8 Å². The zero-order valence-electron chi connectivity index (χ0n) is 17.0. The molecule has 1 fully saturated rings. The molecule has 1 aliphatic heterocycles. The third-order valence-corrected chi connectivity index (χ3v) is 5.23. The van der Waals surface area contributed by atoms with Crippen LogP contribution in [0.15, 0.2) is 24.3 Å². The van der Waals surface area contributed by atoms with Crippen LogP contribution in [0.4, 0.5) is 26.3 Å². The lowest BCUT2D eigenvalue weighted by Crippen LogP contribution is -2.49. The van der Waals surface area contributed by atoms with Gasteiger partial charge in [0.2, 0.25) is 0 Å². The van der Waals surface area contributed by atoms with E-state index in [2.05, 4.69) is 10.00 Å². The number of piperazine rings is 1. The molecule has 1 aromatic heterocycles. The lowest BCUT2D eigenvalue weighted by atomic mass is 10.0. The number of aromatic nitrogens is 2. The molecular weight excluding hydrogens is 426 g/mol. The molecule has 1 aliphatic rings. The van der Waals surface area contributed by atoms with Crippen molar-refractivity contribution in [3.8, 4) is 0 Å². The molecule has 1 amide bonds. The molecule has 11 heteroatoms. The second-order valence-electron chi connectivity index (χ2n) is 7.58. The highest BCUT2D eigenvalue weighted by Gasteiger charge is 2.38. The quantitative estimate of drug-likeness (QED) is 0.665. The Morgan fingerprint density at radius 1 is 0.871 bits per heavy atom. The Labute approximate surface area is 175 Å². The van der Waals surface area contributed by atoms with Crippen LogP contribution in [0.25, 0.3) is 0 Å². The largest absolute Gasteiger partial charge is 0.416 e. The normalized spacial score (nSPS) is 16.1.